The van der Waals surface area contributed by atoms with Gasteiger partial charge < -0.3 is 9.84 Å². The largest absolute Gasteiger partial charge is 0.478 e. The van der Waals surface area contributed by atoms with Gasteiger partial charge in [0, 0.05) is 5.92 Å². The van der Waals surface area contributed by atoms with Crippen molar-refractivity contribution in [2.75, 3.05) is 0 Å². The molecule has 0 unspecified atom stereocenters. The van der Waals surface area contributed by atoms with Gasteiger partial charge in [-0.1, -0.05) is 49.4 Å². The lowest BCUT2D eigenvalue weighted by atomic mass is 9.96. The smallest absolute Gasteiger partial charge is 0.339 e. The quantitative estimate of drug-likeness (QED) is 0.854. The molecule has 0 aromatic heterocycles. The maximum Gasteiger partial charge on any atom is 0.339 e. The molecule has 0 spiro atoms. The molecule has 0 aliphatic rings. The van der Waals surface area contributed by atoms with Crippen LogP contribution in [0.15, 0.2) is 54.6 Å². The average molecular weight is 298 g/mol. The Hall–Kier alpha value is -2.62. The first kappa shape index (κ1) is 15.8. The highest BCUT2D eigenvalue weighted by atomic mass is 16.5. The first-order chi connectivity index (χ1) is 10.5. The van der Waals surface area contributed by atoms with E-state index in [9.17, 15) is 9.59 Å². The molecule has 114 valence electrons. The minimum absolute atomic E-state index is 0.0159. The Bertz CT molecular complexity index is 664. The molecule has 0 heterocycles. The molecule has 2 aromatic carbocycles. The molecule has 0 aliphatic heterocycles. The number of carbonyl (C=O) groups is 2. The summed E-state index contributed by atoms with van der Waals surface area (Å²) in [6, 6.07) is 15.8. The first-order valence-corrected chi connectivity index (χ1v) is 7.09. The summed E-state index contributed by atoms with van der Waals surface area (Å²) in [7, 11) is 0. The molecule has 22 heavy (non-hydrogen) atoms. The summed E-state index contributed by atoms with van der Waals surface area (Å²) >= 11 is 0. The molecule has 4 heteroatoms. The number of hydrogen-bond donors (Lipinski definition) is 1. The number of hydrogen-bond acceptors (Lipinski definition) is 3. The molecule has 0 saturated heterocycles. The number of aromatic carboxylic acids is 1. The van der Waals surface area contributed by atoms with E-state index in [4.69, 9.17) is 9.84 Å². The summed E-state index contributed by atoms with van der Waals surface area (Å²) in [5.74, 6) is -1.74. The van der Waals surface area contributed by atoms with E-state index in [0.29, 0.717) is 0 Å². The molecule has 0 fully saturated rings. The molecule has 2 atom stereocenters. The van der Waals surface area contributed by atoms with Crippen LogP contribution in [0.1, 0.15) is 46.0 Å². The summed E-state index contributed by atoms with van der Waals surface area (Å²) in [6.07, 6.45) is -0.364. The van der Waals surface area contributed by atoms with Crippen LogP contribution < -0.4 is 0 Å². The van der Waals surface area contributed by atoms with E-state index in [0.717, 1.165) is 5.56 Å². The van der Waals surface area contributed by atoms with Gasteiger partial charge in [-0.2, -0.15) is 0 Å². The normalized spacial score (nSPS) is 13.2. The van der Waals surface area contributed by atoms with E-state index < -0.39 is 11.9 Å². The third kappa shape index (κ3) is 3.52. The van der Waals surface area contributed by atoms with Crippen LogP contribution in [-0.2, 0) is 4.74 Å². The van der Waals surface area contributed by atoms with Crippen molar-refractivity contribution < 1.29 is 19.4 Å². The minimum Gasteiger partial charge on any atom is -0.478 e. The van der Waals surface area contributed by atoms with Gasteiger partial charge in [0.05, 0.1) is 11.1 Å². The van der Waals surface area contributed by atoms with Crippen LogP contribution in [0.4, 0.5) is 0 Å². The van der Waals surface area contributed by atoms with E-state index in [-0.39, 0.29) is 23.1 Å². The van der Waals surface area contributed by atoms with Crippen molar-refractivity contribution in [2.45, 2.75) is 25.9 Å². The predicted octanol–water partition coefficient (Wildman–Crippen LogP) is 3.73. The molecule has 0 aliphatic carbocycles. The van der Waals surface area contributed by atoms with Gasteiger partial charge >= 0.3 is 11.9 Å². The van der Waals surface area contributed by atoms with Gasteiger partial charge in [-0.15, -0.1) is 0 Å². The van der Waals surface area contributed by atoms with E-state index in [1.54, 1.807) is 19.1 Å². The molecule has 0 radical (unpaired) electrons. The fourth-order valence-electron chi connectivity index (χ4n) is 2.21. The lowest BCUT2D eigenvalue weighted by Crippen LogP contribution is -2.22. The van der Waals surface area contributed by atoms with Crippen molar-refractivity contribution in [2.24, 2.45) is 0 Å². The first-order valence-electron chi connectivity index (χ1n) is 7.09. The Morgan fingerprint density at radius 1 is 0.909 bits per heavy atom. The van der Waals surface area contributed by atoms with Crippen LogP contribution in [0.5, 0.6) is 0 Å². The van der Waals surface area contributed by atoms with Gasteiger partial charge in [0.2, 0.25) is 0 Å². The van der Waals surface area contributed by atoms with Crippen molar-refractivity contribution >= 4 is 11.9 Å². The van der Waals surface area contributed by atoms with E-state index in [2.05, 4.69) is 0 Å². The molecular formula is C18H18O4. The maximum atomic E-state index is 12.2. The highest BCUT2D eigenvalue weighted by Gasteiger charge is 2.22. The summed E-state index contributed by atoms with van der Waals surface area (Å²) < 4.78 is 5.44. The zero-order valence-electron chi connectivity index (χ0n) is 12.5. The number of carbonyl (C=O) groups excluding carboxylic acids is 1. The van der Waals surface area contributed by atoms with Crippen LogP contribution >= 0.6 is 0 Å². The lowest BCUT2D eigenvalue weighted by Gasteiger charge is -2.21. The molecular weight excluding hydrogens is 280 g/mol. The second-order valence-electron chi connectivity index (χ2n) is 5.16. The monoisotopic (exact) mass is 298 g/mol. The van der Waals surface area contributed by atoms with Crippen LogP contribution in [-0.4, -0.2) is 23.1 Å². The lowest BCUT2D eigenvalue weighted by molar-refractivity contribution is 0.0288. The number of benzene rings is 2. The average Bonchev–Trinajstić information content (AvgIpc) is 2.54. The van der Waals surface area contributed by atoms with Crippen LogP contribution in [0.3, 0.4) is 0 Å². The standard InChI is InChI=1S/C18H18O4/c1-12(14-8-4-3-5-9-14)13(2)22-18(21)16-11-7-6-10-15(16)17(19)20/h3-13H,1-2H3,(H,19,20)/t12-,13+/m0/s1. The number of esters is 1. The van der Waals surface area contributed by atoms with Crippen molar-refractivity contribution in [1.82, 2.24) is 0 Å². The summed E-state index contributed by atoms with van der Waals surface area (Å²) in [5, 5.41) is 9.13. The van der Waals surface area contributed by atoms with Gasteiger partial charge in [0.15, 0.2) is 0 Å². The second kappa shape index (κ2) is 6.89. The van der Waals surface area contributed by atoms with Gasteiger partial charge in [-0.3, -0.25) is 0 Å². The predicted molar refractivity (Wildman–Crippen MR) is 83.1 cm³/mol. The van der Waals surface area contributed by atoms with E-state index in [1.807, 2.05) is 37.3 Å². The van der Waals surface area contributed by atoms with Crippen molar-refractivity contribution in [1.29, 1.82) is 0 Å². The van der Waals surface area contributed by atoms with Gasteiger partial charge in [-0.05, 0) is 24.6 Å². The maximum absolute atomic E-state index is 12.2. The highest BCUT2D eigenvalue weighted by Crippen LogP contribution is 2.22. The SMILES string of the molecule is C[C@H](c1ccccc1)[C@@H](C)OC(=O)c1ccccc1C(=O)O. The topological polar surface area (TPSA) is 63.6 Å². The van der Waals surface area contributed by atoms with Gasteiger partial charge in [0.25, 0.3) is 0 Å². The molecule has 2 aromatic rings. The number of rotatable bonds is 5. The van der Waals surface area contributed by atoms with Gasteiger partial charge in [-0.25, -0.2) is 9.59 Å². The van der Waals surface area contributed by atoms with Gasteiger partial charge in [0.1, 0.15) is 6.10 Å². The minimum atomic E-state index is -1.14. The van der Waals surface area contributed by atoms with Crippen LogP contribution in [0.2, 0.25) is 0 Å². The molecule has 0 amide bonds. The Balaban J connectivity index is 2.14. The molecule has 2 rings (SSSR count). The summed E-state index contributed by atoms with van der Waals surface area (Å²) in [6.45, 7) is 3.77. The fraction of sp³-hybridized carbons (Fsp3) is 0.222. The number of carboxylic acid groups (broad SMARTS) is 1. The highest BCUT2D eigenvalue weighted by molar-refractivity contribution is 6.02. The zero-order chi connectivity index (χ0) is 16.1. The number of carboxylic acids is 1. The third-order valence-corrected chi connectivity index (χ3v) is 3.70. The fourth-order valence-corrected chi connectivity index (χ4v) is 2.21. The summed E-state index contributed by atoms with van der Waals surface area (Å²) in [5.41, 5.74) is 1.09. The Labute approximate surface area is 129 Å². The Morgan fingerprint density at radius 3 is 2.05 bits per heavy atom. The molecule has 4 nitrogen and oxygen atoms in total. The molecule has 0 saturated carbocycles. The van der Waals surface area contributed by atoms with Crippen molar-refractivity contribution in [3.63, 3.8) is 0 Å². The zero-order valence-corrected chi connectivity index (χ0v) is 12.5. The Kier molecular flexibility index (Phi) is 4.94. The second-order valence-corrected chi connectivity index (χ2v) is 5.16. The summed E-state index contributed by atoms with van der Waals surface area (Å²) in [4.78, 5) is 23.4. The van der Waals surface area contributed by atoms with Crippen molar-refractivity contribution in [3.8, 4) is 0 Å². The van der Waals surface area contributed by atoms with E-state index >= 15 is 0 Å². The van der Waals surface area contributed by atoms with E-state index in [1.165, 1.54) is 12.1 Å². The van der Waals surface area contributed by atoms with Crippen LogP contribution in [0.25, 0.3) is 0 Å². The van der Waals surface area contributed by atoms with Crippen LogP contribution in [0, 0.1) is 0 Å². The Morgan fingerprint density at radius 2 is 1.45 bits per heavy atom. The molecule has 1 N–H and O–H groups in total. The van der Waals surface area contributed by atoms with Crippen molar-refractivity contribution in [3.05, 3.63) is 71.3 Å². The third-order valence-electron chi connectivity index (χ3n) is 3.70. The molecule has 0 bridgehead atoms. The number of ether oxygens (including phenoxy) is 1.